The molecule has 0 spiro atoms. The molecule has 1 aromatic rings. The fraction of sp³-hybridized carbons (Fsp3) is 0.429. The predicted octanol–water partition coefficient (Wildman–Crippen LogP) is 2.81. The number of carbonyl (C=O) groups excluding carboxylic acids is 2. The summed E-state index contributed by atoms with van der Waals surface area (Å²) in [5, 5.41) is 2.53. The van der Waals surface area contributed by atoms with E-state index in [-0.39, 0.29) is 5.56 Å². The van der Waals surface area contributed by atoms with Crippen molar-refractivity contribution in [2.75, 3.05) is 6.54 Å². The highest BCUT2D eigenvalue weighted by Crippen LogP contribution is 2.37. The molecule has 0 saturated heterocycles. The van der Waals surface area contributed by atoms with Gasteiger partial charge in [0.05, 0.1) is 5.56 Å². The first-order valence-electron chi connectivity index (χ1n) is 6.40. The molecule has 7 heteroatoms. The second kappa shape index (κ2) is 7.10. The highest BCUT2D eigenvalue weighted by molar-refractivity contribution is 5.81. The number of aldehydes is 1. The molecule has 0 aliphatic carbocycles. The van der Waals surface area contributed by atoms with Gasteiger partial charge in [-0.3, -0.25) is 9.59 Å². The van der Waals surface area contributed by atoms with Gasteiger partial charge >= 0.3 is 6.18 Å². The standard InChI is InChI=1S/C14H16F3NO3/c1-3-6-18-13(20)9(2)21-12-5-4-10(8-19)7-11(12)14(15,16)17/h4-5,7-9H,3,6H2,1-2H3,(H,18,20). The number of nitrogens with one attached hydrogen (secondary N) is 1. The van der Waals surface area contributed by atoms with E-state index in [2.05, 4.69) is 5.32 Å². The molecule has 0 fully saturated rings. The lowest BCUT2D eigenvalue weighted by atomic mass is 10.1. The summed E-state index contributed by atoms with van der Waals surface area (Å²) in [7, 11) is 0. The van der Waals surface area contributed by atoms with E-state index < -0.39 is 29.5 Å². The smallest absolute Gasteiger partial charge is 0.419 e. The Labute approximate surface area is 120 Å². The van der Waals surface area contributed by atoms with Crippen LogP contribution in [-0.2, 0) is 11.0 Å². The van der Waals surface area contributed by atoms with Crippen LogP contribution in [0.25, 0.3) is 0 Å². The Hall–Kier alpha value is -2.05. The maximum absolute atomic E-state index is 12.9. The van der Waals surface area contributed by atoms with Crippen LogP contribution >= 0.6 is 0 Å². The summed E-state index contributed by atoms with van der Waals surface area (Å²) in [6.45, 7) is 3.63. The zero-order chi connectivity index (χ0) is 16.0. The van der Waals surface area contributed by atoms with E-state index in [0.29, 0.717) is 25.3 Å². The lowest BCUT2D eigenvalue weighted by Gasteiger charge is -2.18. The number of benzene rings is 1. The molecule has 4 nitrogen and oxygen atoms in total. The van der Waals surface area contributed by atoms with Gasteiger partial charge in [0, 0.05) is 12.1 Å². The quantitative estimate of drug-likeness (QED) is 0.822. The number of hydrogen-bond donors (Lipinski definition) is 1. The van der Waals surface area contributed by atoms with Crippen LogP contribution in [0.15, 0.2) is 18.2 Å². The number of hydrogen-bond acceptors (Lipinski definition) is 3. The van der Waals surface area contributed by atoms with Crippen molar-refractivity contribution in [3.05, 3.63) is 29.3 Å². The largest absolute Gasteiger partial charge is 0.480 e. The van der Waals surface area contributed by atoms with Gasteiger partial charge in [-0.1, -0.05) is 6.92 Å². The number of rotatable bonds is 6. The molecule has 0 radical (unpaired) electrons. The number of amides is 1. The van der Waals surface area contributed by atoms with E-state index in [9.17, 15) is 22.8 Å². The van der Waals surface area contributed by atoms with Crippen LogP contribution < -0.4 is 10.1 Å². The van der Waals surface area contributed by atoms with E-state index in [1.165, 1.54) is 13.0 Å². The Kier molecular flexibility index (Phi) is 5.75. The van der Waals surface area contributed by atoms with Crippen LogP contribution in [0.1, 0.15) is 36.2 Å². The minimum absolute atomic E-state index is 0.113. The third kappa shape index (κ3) is 4.77. The summed E-state index contributed by atoms with van der Waals surface area (Å²) in [5.41, 5.74) is -1.19. The summed E-state index contributed by atoms with van der Waals surface area (Å²) in [5.74, 6) is -0.975. The van der Waals surface area contributed by atoms with Crippen LogP contribution in [-0.4, -0.2) is 24.8 Å². The van der Waals surface area contributed by atoms with Gasteiger partial charge in [-0.2, -0.15) is 13.2 Å². The average Bonchev–Trinajstić information content (AvgIpc) is 2.43. The third-order valence-corrected chi connectivity index (χ3v) is 2.67. The Morgan fingerprint density at radius 1 is 1.43 bits per heavy atom. The molecule has 0 aliphatic heterocycles. The fourth-order valence-corrected chi connectivity index (χ4v) is 1.58. The first kappa shape index (κ1) is 17.0. The van der Waals surface area contributed by atoms with E-state index in [0.717, 1.165) is 6.07 Å². The Morgan fingerprint density at radius 2 is 2.10 bits per heavy atom. The molecular formula is C14H16F3NO3. The van der Waals surface area contributed by atoms with Crippen LogP contribution in [0.2, 0.25) is 0 Å². The van der Waals surface area contributed by atoms with Gasteiger partial charge in [0.1, 0.15) is 12.0 Å². The first-order valence-corrected chi connectivity index (χ1v) is 6.40. The van der Waals surface area contributed by atoms with Crippen molar-refractivity contribution in [1.29, 1.82) is 0 Å². The summed E-state index contributed by atoms with van der Waals surface area (Å²) >= 11 is 0. The Balaban J connectivity index is 2.97. The Morgan fingerprint density at radius 3 is 2.62 bits per heavy atom. The second-order valence-corrected chi connectivity index (χ2v) is 4.42. The van der Waals surface area contributed by atoms with Crippen LogP contribution in [0.5, 0.6) is 5.75 Å². The monoisotopic (exact) mass is 303 g/mol. The van der Waals surface area contributed by atoms with Crippen LogP contribution in [0, 0.1) is 0 Å². The topological polar surface area (TPSA) is 55.4 Å². The molecule has 1 atom stereocenters. The van der Waals surface area contributed by atoms with Crippen molar-refractivity contribution < 1.29 is 27.5 Å². The summed E-state index contributed by atoms with van der Waals surface area (Å²) in [4.78, 5) is 22.2. The lowest BCUT2D eigenvalue weighted by molar-refractivity contribution is -0.140. The average molecular weight is 303 g/mol. The fourth-order valence-electron chi connectivity index (χ4n) is 1.58. The van der Waals surface area contributed by atoms with Crippen molar-refractivity contribution in [3.8, 4) is 5.75 Å². The minimum Gasteiger partial charge on any atom is -0.480 e. The highest BCUT2D eigenvalue weighted by Gasteiger charge is 2.35. The molecule has 1 amide bonds. The number of ether oxygens (including phenoxy) is 1. The van der Waals surface area contributed by atoms with E-state index in [4.69, 9.17) is 4.74 Å². The number of halogens is 3. The van der Waals surface area contributed by atoms with Crippen molar-refractivity contribution in [3.63, 3.8) is 0 Å². The number of carbonyl (C=O) groups is 2. The van der Waals surface area contributed by atoms with Crippen molar-refractivity contribution in [2.24, 2.45) is 0 Å². The molecule has 0 bridgehead atoms. The van der Waals surface area contributed by atoms with Crippen LogP contribution in [0.4, 0.5) is 13.2 Å². The summed E-state index contributed by atoms with van der Waals surface area (Å²) in [6.07, 6.45) is -4.72. The molecule has 1 aromatic carbocycles. The zero-order valence-corrected chi connectivity index (χ0v) is 11.7. The van der Waals surface area contributed by atoms with E-state index >= 15 is 0 Å². The van der Waals surface area contributed by atoms with Gasteiger partial charge in [-0.25, -0.2) is 0 Å². The normalized spacial score (nSPS) is 12.6. The molecule has 0 saturated carbocycles. The first-order chi connectivity index (χ1) is 9.79. The van der Waals surface area contributed by atoms with Gasteiger partial charge in [0.2, 0.25) is 0 Å². The minimum atomic E-state index is -4.67. The van der Waals surface area contributed by atoms with Crippen molar-refractivity contribution in [2.45, 2.75) is 32.5 Å². The predicted molar refractivity (Wildman–Crippen MR) is 70.2 cm³/mol. The lowest BCUT2D eigenvalue weighted by Crippen LogP contribution is -2.37. The molecule has 1 rings (SSSR count). The van der Waals surface area contributed by atoms with Gasteiger partial charge < -0.3 is 10.1 Å². The molecule has 1 unspecified atom stereocenters. The maximum atomic E-state index is 12.9. The molecule has 0 heterocycles. The Bertz CT molecular complexity index is 515. The van der Waals surface area contributed by atoms with E-state index in [1.54, 1.807) is 0 Å². The molecule has 0 aliphatic rings. The molecule has 0 aromatic heterocycles. The van der Waals surface area contributed by atoms with Crippen molar-refractivity contribution in [1.82, 2.24) is 5.32 Å². The summed E-state index contributed by atoms with van der Waals surface area (Å²) in [6, 6.07) is 2.93. The molecular weight excluding hydrogens is 287 g/mol. The van der Waals surface area contributed by atoms with Gasteiger partial charge in [0.15, 0.2) is 6.10 Å². The highest BCUT2D eigenvalue weighted by atomic mass is 19.4. The van der Waals surface area contributed by atoms with Gasteiger partial charge in [-0.15, -0.1) is 0 Å². The van der Waals surface area contributed by atoms with E-state index in [1.807, 2.05) is 6.92 Å². The van der Waals surface area contributed by atoms with Gasteiger partial charge in [0.25, 0.3) is 5.91 Å². The second-order valence-electron chi connectivity index (χ2n) is 4.42. The molecule has 1 N–H and O–H groups in total. The third-order valence-electron chi connectivity index (χ3n) is 2.67. The molecule has 21 heavy (non-hydrogen) atoms. The SMILES string of the molecule is CCCNC(=O)C(C)Oc1ccc(C=O)cc1C(F)(F)F. The molecule has 116 valence electrons. The van der Waals surface area contributed by atoms with Crippen LogP contribution in [0.3, 0.4) is 0 Å². The van der Waals surface area contributed by atoms with Gasteiger partial charge in [-0.05, 0) is 31.5 Å². The van der Waals surface area contributed by atoms with Crippen molar-refractivity contribution >= 4 is 12.2 Å². The zero-order valence-electron chi connectivity index (χ0n) is 11.7. The maximum Gasteiger partial charge on any atom is 0.419 e. The number of alkyl halides is 3. The summed E-state index contributed by atoms with van der Waals surface area (Å²) < 4.78 is 43.8.